The van der Waals surface area contributed by atoms with Gasteiger partial charge in [-0.1, -0.05) is 11.6 Å². The van der Waals surface area contributed by atoms with E-state index in [2.05, 4.69) is 5.32 Å². The van der Waals surface area contributed by atoms with E-state index in [1.165, 1.54) is 0 Å². The second-order valence-corrected chi connectivity index (χ2v) is 4.17. The third-order valence-corrected chi connectivity index (χ3v) is 2.97. The topological polar surface area (TPSA) is 38.3 Å². The molecule has 86 valence electrons. The van der Waals surface area contributed by atoms with Crippen molar-refractivity contribution in [3.05, 3.63) is 10.6 Å². The number of allylic oxidation sites excluding steroid dienone is 1. The summed E-state index contributed by atoms with van der Waals surface area (Å²) in [6.07, 6.45) is 3.56. The number of nitrogens with one attached hydrogen (secondary N) is 1. The molecule has 0 radical (unpaired) electrons. The molecule has 1 aliphatic carbocycles. The second-order valence-electron chi connectivity index (χ2n) is 3.72. The Hall–Kier alpha value is -0.700. The van der Waals surface area contributed by atoms with Gasteiger partial charge in [0, 0.05) is 11.6 Å². The zero-order chi connectivity index (χ0) is 11.3. The molecule has 0 bridgehead atoms. The van der Waals surface area contributed by atoms with Crippen LogP contribution >= 0.6 is 11.6 Å². The minimum absolute atomic E-state index is 0.204. The normalized spacial score (nSPS) is 18.6. The van der Waals surface area contributed by atoms with Crippen molar-refractivity contribution in [3.8, 4) is 0 Å². The largest absolute Gasteiger partial charge is 0.442 e. The Labute approximate surface area is 95.8 Å². The minimum Gasteiger partial charge on any atom is -0.442 e. The average molecular weight is 232 g/mol. The Kier molecular flexibility index (Phi) is 4.95. The summed E-state index contributed by atoms with van der Waals surface area (Å²) in [7, 11) is 0. The third kappa shape index (κ3) is 3.74. The van der Waals surface area contributed by atoms with Crippen LogP contribution in [0, 0.1) is 0 Å². The minimum atomic E-state index is -0.368. The van der Waals surface area contributed by atoms with Crippen LogP contribution in [-0.4, -0.2) is 18.7 Å². The van der Waals surface area contributed by atoms with Crippen LogP contribution in [0.5, 0.6) is 0 Å². The van der Waals surface area contributed by atoms with Crippen molar-refractivity contribution in [2.24, 2.45) is 0 Å². The molecule has 1 atom stereocenters. The van der Waals surface area contributed by atoms with Crippen LogP contribution in [0.3, 0.4) is 0 Å². The number of hydrogen-bond donors (Lipinski definition) is 1. The van der Waals surface area contributed by atoms with Gasteiger partial charge in [-0.2, -0.15) is 0 Å². The van der Waals surface area contributed by atoms with Gasteiger partial charge < -0.3 is 10.1 Å². The number of amides is 1. The van der Waals surface area contributed by atoms with Crippen molar-refractivity contribution in [1.29, 1.82) is 0 Å². The lowest BCUT2D eigenvalue weighted by Crippen LogP contribution is -2.29. The van der Waals surface area contributed by atoms with Crippen LogP contribution in [0.1, 0.15) is 39.5 Å². The lowest BCUT2D eigenvalue weighted by atomic mass is 9.96. The molecule has 1 aliphatic rings. The number of hydrogen-bond acceptors (Lipinski definition) is 2. The van der Waals surface area contributed by atoms with Gasteiger partial charge in [0.25, 0.3) is 0 Å². The van der Waals surface area contributed by atoms with Crippen LogP contribution in [0.4, 0.5) is 4.79 Å². The van der Waals surface area contributed by atoms with Gasteiger partial charge in [-0.3, -0.25) is 0 Å². The molecule has 0 aromatic rings. The van der Waals surface area contributed by atoms with E-state index in [4.69, 9.17) is 16.3 Å². The number of rotatable bonds is 3. The molecule has 0 saturated heterocycles. The lowest BCUT2D eigenvalue weighted by Gasteiger charge is -2.22. The Balaban J connectivity index is 2.52. The maximum Gasteiger partial charge on any atom is 0.407 e. The van der Waals surface area contributed by atoms with Crippen molar-refractivity contribution in [2.75, 3.05) is 6.54 Å². The molecule has 0 fully saturated rings. The van der Waals surface area contributed by atoms with Gasteiger partial charge in [0.1, 0.15) is 6.10 Å². The van der Waals surface area contributed by atoms with Crippen molar-refractivity contribution in [3.63, 3.8) is 0 Å². The van der Waals surface area contributed by atoms with E-state index < -0.39 is 0 Å². The standard InChI is InChI=1S/C11H18ClNO2/c1-3-13-11(14)15-8(2)9-6-4-5-7-10(9)12/h8H,3-7H2,1-2H3,(H,13,14). The molecule has 1 N–H and O–H groups in total. The molecule has 0 spiro atoms. The summed E-state index contributed by atoms with van der Waals surface area (Å²) in [6.45, 7) is 4.31. The fourth-order valence-electron chi connectivity index (χ4n) is 1.73. The smallest absolute Gasteiger partial charge is 0.407 e. The molecule has 0 aromatic carbocycles. The van der Waals surface area contributed by atoms with Gasteiger partial charge in [0.05, 0.1) is 0 Å². The third-order valence-electron chi connectivity index (χ3n) is 2.54. The molecule has 3 nitrogen and oxygen atoms in total. The predicted octanol–water partition coefficient (Wildman–Crippen LogP) is 3.19. The first kappa shape index (κ1) is 12.4. The zero-order valence-electron chi connectivity index (χ0n) is 9.31. The Morgan fingerprint density at radius 3 is 2.80 bits per heavy atom. The fraction of sp³-hybridized carbons (Fsp3) is 0.727. The summed E-state index contributed by atoms with van der Waals surface area (Å²) in [4.78, 5) is 11.2. The first-order valence-electron chi connectivity index (χ1n) is 5.47. The number of halogens is 1. The lowest BCUT2D eigenvalue weighted by molar-refractivity contribution is 0.120. The number of carbonyl (C=O) groups is 1. The number of ether oxygens (including phenoxy) is 1. The molecule has 1 unspecified atom stereocenters. The number of alkyl carbamates (subject to hydrolysis) is 1. The van der Waals surface area contributed by atoms with E-state index in [1.54, 1.807) is 0 Å². The Morgan fingerprint density at radius 2 is 2.20 bits per heavy atom. The van der Waals surface area contributed by atoms with Crippen molar-refractivity contribution >= 4 is 17.7 Å². The summed E-state index contributed by atoms with van der Waals surface area (Å²) < 4.78 is 5.21. The molecule has 1 rings (SSSR count). The van der Waals surface area contributed by atoms with Crippen LogP contribution in [0.15, 0.2) is 10.6 Å². The van der Waals surface area contributed by atoms with E-state index in [0.29, 0.717) is 6.54 Å². The maximum absolute atomic E-state index is 11.2. The molecule has 15 heavy (non-hydrogen) atoms. The van der Waals surface area contributed by atoms with Crippen LogP contribution < -0.4 is 5.32 Å². The van der Waals surface area contributed by atoms with Gasteiger partial charge in [-0.15, -0.1) is 0 Å². The maximum atomic E-state index is 11.2. The summed E-state index contributed by atoms with van der Waals surface area (Å²) in [5.74, 6) is 0. The first-order chi connectivity index (χ1) is 7.15. The Bertz CT molecular complexity index is 263. The second kappa shape index (κ2) is 6.01. The van der Waals surface area contributed by atoms with Gasteiger partial charge in [0.15, 0.2) is 0 Å². The van der Waals surface area contributed by atoms with Crippen molar-refractivity contribution < 1.29 is 9.53 Å². The average Bonchev–Trinajstić information content (AvgIpc) is 2.18. The van der Waals surface area contributed by atoms with Crippen LogP contribution in [0.25, 0.3) is 0 Å². The van der Waals surface area contributed by atoms with E-state index in [9.17, 15) is 4.79 Å². The highest BCUT2D eigenvalue weighted by Gasteiger charge is 2.19. The highest BCUT2D eigenvalue weighted by atomic mass is 35.5. The summed E-state index contributed by atoms with van der Waals surface area (Å²) in [5, 5.41) is 3.48. The van der Waals surface area contributed by atoms with E-state index in [1.807, 2.05) is 13.8 Å². The highest BCUT2D eigenvalue weighted by Crippen LogP contribution is 2.30. The number of carbonyl (C=O) groups excluding carboxylic acids is 1. The van der Waals surface area contributed by atoms with E-state index >= 15 is 0 Å². The summed E-state index contributed by atoms with van der Waals surface area (Å²) in [6, 6.07) is 0. The SMILES string of the molecule is CCNC(=O)OC(C)C1=C(Cl)CCCC1. The zero-order valence-corrected chi connectivity index (χ0v) is 10.1. The Morgan fingerprint density at radius 1 is 1.53 bits per heavy atom. The molecule has 0 aliphatic heterocycles. The highest BCUT2D eigenvalue weighted by molar-refractivity contribution is 6.30. The fourth-order valence-corrected chi connectivity index (χ4v) is 2.12. The van der Waals surface area contributed by atoms with Gasteiger partial charge in [-0.25, -0.2) is 4.79 Å². The molecule has 1 amide bonds. The first-order valence-corrected chi connectivity index (χ1v) is 5.84. The van der Waals surface area contributed by atoms with Gasteiger partial charge in [-0.05, 0) is 45.1 Å². The molecule has 4 heteroatoms. The monoisotopic (exact) mass is 231 g/mol. The molecule has 0 heterocycles. The van der Waals surface area contributed by atoms with Crippen LogP contribution in [0.2, 0.25) is 0 Å². The summed E-state index contributed by atoms with van der Waals surface area (Å²) in [5.41, 5.74) is 1.08. The van der Waals surface area contributed by atoms with Crippen molar-refractivity contribution in [1.82, 2.24) is 5.32 Å². The quantitative estimate of drug-likeness (QED) is 0.810. The van der Waals surface area contributed by atoms with Gasteiger partial charge in [0.2, 0.25) is 0 Å². The molecule has 0 aromatic heterocycles. The van der Waals surface area contributed by atoms with E-state index in [0.717, 1.165) is 36.3 Å². The van der Waals surface area contributed by atoms with Crippen molar-refractivity contribution in [2.45, 2.75) is 45.6 Å². The molecule has 0 saturated carbocycles. The molecular formula is C11H18ClNO2. The predicted molar refractivity (Wildman–Crippen MR) is 61.0 cm³/mol. The van der Waals surface area contributed by atoms with Gasteiger partial charge >= 0.3 is 6.09 Å². The van der Waals surface area contributed by atoms with E-state index in [-0.39, 0.29) is 12.2 Å². The molecular weight excluding hydrogens is 214 g/mol. The summed E-state index contributed by atoms with van der Waals surface area (Å²) >= 11 is 6.11. The van der Waals surface area contributed by atoms with Crippen LogP contribution in [-0.2, 0) is 4.74 Å².